The van der Waals surface area contributed by atoms with Crippen molar-refractivity contribution in [2.24, 2.45) is 0 Å². The molecule has 0 aliphatic heterocycles. The Morgan fingerprint density at radius 1 is 0.933 bits per heavy atom. The van der Waals surface area contributed by atoms with Gasteiger partial charge < -0.3 is 14.8 Å². The molecule has 0 aliphatic rings. The zero-order chi connectivity index (χ0) is 21.3. The zero-order valence-electron chi connectivity index (χ0n) is 16.8. The van der Waals surface area contributed by atoms with Crippen LogP contribution >= 0.6 is 27.5 Å². The van der Waals surface area contributed by atoms with Crippen LogP contribution in [0.3, 0.4) is 0 Å². The minimum atomic E-state index is -0.260. The molecule has 0 amide bonds. The maximum Gasteiger partial charge on any atom is 0.162 e. The Labute approximate surface area is 190 Å². The molecule has 30 heavy (non-hydrogen) atoms. The molecule has 1 N–H and O–H groups in total. The van der Waals surface area contributed by atoms with E-state index in [1.165, 1.54) is 17.7 Å². The van der Waals surface area contributed by atoms with Gasteiger partial charge in [-0.2, -0.15) is 0 Å². The van der Waals surface area contributed by atoms with Gasteiger partial charge in [0.25, 0.3) is 0 Å². The lowest BCUT2D eigenvalue weighted by molar-refractivity contribution is 0.268. The summed E-state index contributed by atoms with van der Waals surface area (Å²) in [5.41, 5.74) is 3.22. The van der Waals surface area contributed by atoms with E-state index in [9.17, 15) is 4.39 Å². The first-order valence-corrected chi connectivity index (χ1v) is 11.0. The zero-order valence-corrected chi connectivity index (χ0v) is 19.1. The van der Waals surface area contributed by atoms with E-state index >= 15 is 0 Å². The van der Waals surface area contributed by atoms with Crippen LogP contribution in [0.15, 0.2) is 65.1 Å². The summed E-state index contributed by atoms with van der Waals surface area (Å²) < 4.78 is 25.7. The highest BCUT2D eigenvalue weighted by molar-refractivity contribution is 9.10. The molecular weight excluding hydrogens is 469 g/mol. The lowest BCUT2D eigenvalue weighted by atomic mass is 10.1. The maximum atomic E-state index is 13.1. The Morgan fingerprint density at radius 2 is 1.60 bits per heavy atom. The van der Waals surface area contributed by atoms with Gasteiger partial charge in [0.1, 0.15) is 12.4 Å². The van der Waals surface area contributed by atoms with E-state index in [2.05, 4.69) is 21.2 Å². The van der Waals surface area contributed by atoms with Crippen LogP contribution in [0.25, 0.3) is 0 Å². The van der Waals surface area contributed by atoms with Crippen molar-refractivity contribution in [2.45, 2.75) is 26.5 Å². The predicted octanol–water partition coefficient (Wildman–Crippen LogP) is 6.55. The molecule has 0 aliphatic carbocycles. The average molecular weight is 493 g/mol. The number of benzene rings is 3. The van der Waals surface area contributed by atoms with Crippen molar-refractivity contribution in [3.05, 3.63) is 92.7 Å². The number of halogens is 3. The molecule has 0 radical (unpaired) electrons. The minimum Gasteiger partial charge on any atom is -0.490 e. The van der Waals surface area contributed by atoms with Crippen LogP contribution in [0.5, 0.6) is 11.5 Å². The van der Waals surface area contributed by atoms with Gasteiger partial charge in [0.2, 0.25) is 0 Å². The summed E-state index contributed by atoms with van der Waals surface area (Å²) in [6.45, 7) is 4.37. The normalized spacial score (nSPS) is 10.8. The van der Waals surface area contributed by atoms with E-state index in [0.29, 0.717) is 31.3 Å². The fraction of sp³-hybridized carbons (Fsp3) is 0.250. The van der Waals surface area contributed by atoms with Gasteiger partial charge in [-0.05, 0) is 73.0 Å². The summed E-state index contributed by atoms with van der Waals surface area (Å²) in [6, 6.07) is 18.1. The quantitative estimate of drug-likeness (QED) is 0.325. The minimum absolute atomic E-state index is 0.260. The average Bonchev–Trinajstić information content (AvgIpc) is 2.74. The van der Waals surface area contributed by atoms with Gasteiger partial charge in [-0.15, -0.1) is 0 Å². The predicted molar refractivity (Wildman–Crippen MR) is 123 cm³/mol. The third-order valence-electron chi connectivity index (χ3n) is 4.54. The number of nitrogens with one attached hydrogen (secondary N) is 1. The van der Waals surface area contributed by atoms with Crippen molar-refractivity contribution in [1.82, 2.24) is 5.32 Å². The van der Waals surface area contributed by atoms with E-state index in [1.54, 1.807) is 12.1 Å². The molecule has 3 aromatic carbocycles. The summed E-state index contributed by atoms with van der Waals surface area (Å²) in [5, 5.41) is 4.21. The highest BCUT2D eigenvalue weighted by atomic mass is 79.9. The van der Waals surface area contributed by atoms with Gasteiger partial charge in [0.15, 0.2) is 11.5 Å². The molecule has 0 atom stereocenters. The fourth-order valence-corrected chi connectivity index (χ4v) is 3.53. The van der Waals surface area contributed by atoms with Crippen LogP contribution in [0.2, 0.25) is 5.02 Å². The number of hydrogen-bond donors (Lipinski definition) is 1. The standard InChI is InChI=1S/C24H24BrClFNO2/c1-2-29-23-13-19(15-28-12-11-17-3-7-20(26)8-4-17)22(25)14-24(23)30-16-18-5-9-21(27)10-6-18/h3-10,13-14,28H,2,11-12,15-16H2,1H3. The van der Waals surface area contributed by atoms with E-state index in [-0.39, 0.29) is 5.82 Å². The van der Waals surface area contributed by atoms with Crippen LogP contribution in [0, 0.1) is 5.82 Å². The maximum absolute atomic E-state index is 13.1. The molecule has 3 nitrogen and oxygen atoms in total. The van der Waals surface area contributed by atoms with E-state index in [1.807, 2.05) is 43.3 Å². The summed E-state index contributed by atoms with van der Waals surface area (Å²) in [7, 11) is 0. The van der Waals surface area contributed by atoms with Gasteiger partial charge in [0.05, 0.1) is 6.61 Å². The van der Waals surface area contributed by atoms with Gasteiger partial charge >= 0.3 is 0 Å². The second-order valence-corrected chi connectivity index (χ2v) is 8.08. The topological polar surface area (TPSA) is 30.5 Å². The van der Waals surface area contributed by atoms with Crippen molar-refractivity contribution in [3.8, 4) is 11.5 Å². The molecule has 0 heterocycles. The van der Waals surface area contributed by atoms with Crippen molar-refractivity contribution < 1.29 is 13.9 Å². The Kier molecular flexibility index (Phi) is 8.55. The summed E-state index contributed by atoms with van der Waals surface area (Å²) in [5.74, 6) is 1.08. The molecule has 3 rings (SSSR count). The SMILES string of the molecule is CCOc1cc(CNCCc2ccc(Cl)cc2)c(Br)cc1OCc1ccc(F)cc1. The van der Waals surface area contributed by atoms with Crippen molar-refractivity contribution >= 4 is 27.5 Å². The molecule has 158 valence electrons. The summed E-state index contributed by atoms with van der Waals surface area (Å²) in [4.78, 5) is 0. The molecule has 0 bridgehead atoms. The van der Waals surface area contributed by atoms with Gasteiger partial charge in [0, 0.05) is 16.0 Å². The van der Waals surface area contributed by atoms with Gasteiger partial charge in [-0.25, -0.2) is 4.39 Å². The summed E-state index contributed by atoms with van der Waals surface area (Å²) in [6.07, 6.45) is 0.923. The van der Waals surface area contributed by atoms with Crippen LogP contribution in [0.4, 0.5) is 4.39 Å². The molecule has 3 aromatic rings. The largest absolute Gasteiger partial charge is 0.490 e. The highest BCUT2D eigenvalue weighted by Gasteiger charge is 2.11. The third-order valence-corrected chi connectivity index (χ3v) is 5.53. The van der Waals surface area contributed by atoms with E-state index in [0.717, 1.165) is 33.6 Å². The first-order valence-electron chi connectivity index (χ1n) is 9.82. The van der Waals surface area contributed by atoms with Crippen LogP contribution in [-0.2, 0) is 19.6 Å². The second-order valence-electron chi connectivity index (χ2n) is 6.79. The second kappa shape index (κ2) is 11.3. The van der Waals surface area contributed by atoms with Crippen molar-refractivity contribution in [1.29, 1.82) is 0 Å². The molecule has 0 saturated carbocycles. The molecule has 0 aromatic heterocycles. The molecule has 6 heteroatoms. The van der Waals surface area contributed by atoms with Gasteiger partial charge in [-0.3, -0.25) is 0 Å². The molecule has 0 unspecified atom stereocenters. The van der Waals surface area contributed by atoms with E-state index < -0.39 is 0 Å². The Balaban J connectivity index is 1.60. The Hall–Kier alpha value is -2.08. The third kappa shape index (κ3) is 6.73. The number of hydrogen-bond acceptors (Lipinski definition) is 3. The van der Waals surface area contributed by atoms with Crippen molar-refractivity contribution in [2.75, 3.05) is 13.2 Å². The Bertz CT molecular complexity index is 949. The smallest absolute Gasteiger partial charge is 0.162 e. The number of rotatable bonds is 10. The Morgan fingerprint density at radius 3 is 2.30 bits per heavy atom. The monoisotopic (exact) mass is 491 g/mol. The first kappa shape index (κ1) is 22.6. The van der Waals surface area contributed by atoms with E-state index in [4.69, 9.17) is 21.1 Å². The van der Waals surface area contributed by atoms with Gasteiger partial charge in [-0.1, -0.05) is 51.8 Å². The fourth-order valence-electron chi connectivity index (χ4n) is 2.94. The first-order chi connectivity index (χ1) is 14.5. The van der Waals surface area contributed by atoms with Crippen LogP contribution < -0.4 is 14.8 Å². The summed E-state index contributed by atoms with van der Waals surface area (Å²) >= 11 is 9.56. The van der Waals surface area contributed by atoms with Crippen LogP contribution in [-0.4, -0.2) is 13.2 Å². The molecule has 0 spiro atoms. The molecule has 0 saturated heterocycles. The van der Waals surface area contributed by atoms with Crippen molar-refractivity contribution in [3.63, 3.8) is 0 Å². The molecular formula is C24H24BrClFNO2. The molecule has 0 fully saturated rings. The lowest BCUT2D eigenvalue weighted by Gasteiger charge is -2.15. The highest BCUT2D eigenvalue weighted by Crippen LogP contribution is 2.34. The number of ether oxygens (including phenoxy) is 2. The van der Waals surface area contributed by atoms with Crippen LogP contribution in [0.1, 0.15) is 23.6 Å². The lowest BCUT2D eigenvalue weighted by Crippen LogP contribution is -2.17.